The Kier molecular flexibility index (Phi) is 5.22. The molecule has 0 spiro atoms. The third-order valence-electron chi connectivity index (χ3n) is 3.98. The summed E-state index contributed by atoms with van der Waals surface area (Å²) in [4.78, 5) is 0. The first kappa shape index (κ1) is 18.1. The van der Waals surface area contributed by atoms with Gasteiger partial charge in [-0.25, -0.2) is 16.8 Å². The van der Waals surface area contributed by atoms with Crippen molar-refractivity contribution in [3.8, 4) is 0 Å². The van der Waals surface area contributed by atoms with Crippen LogP contribution in [0.4, 0.5) is 0 Å². The maximum atomic E-state index is 12.6. The molecule has 2 aromatic heterocycles. The Hall–Kier alpha value is -0.680. The number of sulfonamides is 1. The fourth-order valence-electron chi connectivity index (χ4n) is 2.71. The van der Waals surface area contributed by atoms with Gasteiger partial charge in [0, 0.05) is 13.1 Å². The molecule has 1 aliphatic heterocycles. The number of furan rings is 1. The van der Waals surface area contributed by atoms with Crippen molar-refractivity contribution in [3.05, 3.63) is 40.1 Å². The zero-order valence-corrected chi connectivity index (χ0v) is 16.6. The van der Waals surface area contributed by atoms with Crippen LogP contribution in [-0.4, -0.2) is 39.5 Å². The lowest BCUT2D eigenvalue weighted by Gasteiger charge is -2.30. The van der Waals surface area contributed by atoms with E-state index in [1.807, 2.05) is 0 Å². The molecule has 1 aliphatic rings. The van der Waals surface area contributed by atoms with Crippen LogP contribution in [0.5, 0.6) is 0 Å². The molecule has 0 N–H and O–H groups in total. The van der Waals surface area contributed by atoms with Gasteiger partial charge in [-0.2, -0.15) is 4.31 Å². The molecule has 0 aliphatic carbocycles. The van der Waals surface area contributed by atoms with Crippen molar-refractivity contribution < 1.29 is 21.3 Å². The second kappa shape index (κ2) is 6.91. The SMILES string of the molecule is O=S(=O)(Cc1ccco1)C1CCN(S(=O)(=O)c2ccc(Br)s2)CC1. The molecule has 0 unspecified atom stereocenters. The fraction of sp³-hybridized carbons (Fsp3) is 0.429. The van der Waals surface area contributed by atoms with Crippen LogP contribution in [0.1, 0.15) is 18.6 Å². The van der Waals surface area contributed by atoms with E-state index in [0.29, 0.717) is 18.6 Å². The summed E-state index contributed by atoms with van der Waals surface area (Å²) in [5.41, 5.74) is 0. The molecule has 0 aromatic carbocycles. The number of nitrogens with zero attached hydrogens (tertiary/aromatic N) is 1. The monoisotopic (exact) mass is 453 g/mol. The quantitative estimate of drug-likeness (QED) is 0.694. The summed E-state index contributed by atoms with van der Waals surface area (Å²) in [6.45, 7) is 0.416. The highest BCUT2D eigenvalue weighted by Crippen LogP contribution is 2.31. The van der Waals surface area contributed by atoms with Crippen molar-refractivity contribution in [2.75, 3.05) is 13.1 Å². The van der Waals surface area contributed by atoms with E-state index in [0.717, 1.165) is 15.1 Å². The molecule has 0 amide bonds. The molecule has 0 atom stereocenters. The predicted molar refractivity (Wildman–Crippen MR) is 95.1 cm³/mol. The lowest BCUT2D eigenvalue weighted by atomic mass is 10.2. The van der Waals surface area contributed by atoms with Crippen molar-refractivity contribution in [2.45, 2.75) is 28.1 Å². The van der Waals surface area contributed by atoms with Crippen molar-refractivity contribution >= 4 is 47.1 Å². The number of sulfone groups is 1. The van der Waals surface area contributed by atoms with Crippen LogP contribution >= 0.6 is 27.3 Å². The molecule has 3 rings (SSSR count). The Bertz CT molecular complexity index is 894. The van der Waals surface area contributed by atoms with Gasteiger partial charge in [-0.15, -0.1) is 11.3 Å². The molecular weight excluding hydrogens is 438 g/mol. The topological polar surface area (TPSA) is 84.7 Å². The van der Waals surface area contributed by atoms with Crippen LogP contribution in [0.15, 0.2) is 42.9 Å². The molecule has 0 saturated carbocycles. The zero-order valence-electron chi connectivity index (χ0n) is 12.6. The molecular formula is C14H16BrNO5S3. The molecule has 1 fully saturated rings. The summed E-state index contributed by atoms with van der Waals surface area (Å²) in [6.07, 6.45) is 2.04. The molecule has 24 heavy (non-hydrogen) atoms. The third kappa shape index (κ3) is 3.77. The van der Waals surface area contributed by atoms with E-state index in [1.165, 1.54) is 10.6 Å². The summed E-state index contributed by atoms with van der Waals surface area (Å²) in [7, 11) is -6.91. The van der Waals surface area contributed by atoms with Crippen LogP contribution in [0, 0.1) is 0 Å². The van der Waals surface area contributed by atoms with Crippen LogP contribution in [0.25, 0.3) is 0 Å². The lowest BCUT2D eigenvalue weighted by Crippen LogP contribution is -2.42. The van der Waals surface area contributed by atoms with E-state index < -0.39 is 25.1 Å². The van der Waals surface area contributed by atoms with Crippen LogP contribution in [0.2, 0.25) is 0 Å². The highest BCUT2D eigenvalue weighted by Gasteiger charge is 2.35. The minimum atomic E-state index is -3.55. The van der Waals surface area contributed by atoms with E-state index in [4.69, 9.17) is 4.42 Å². The molecule has 3 heterocycles. The number of hydrogen-bond donors (Lipinski definition) is 0. The van der Waals surface area contributed by atoms with Crippen LogP contribution < -0.4 is 0 Å². The highest BCUT2D eigenvalue weighted by molar-refractivity contribution is 9.11. The summed E-state index contributed by atoms with van der Waals surface area (Å²) in [5, 5.41) is -0.538. The molecule has 132 valence electrons. The van der Waals surface area contributed by atoms with Gasteiger partial charge in [-0.05, 0) is 53.0 Å². The average Bonchev–Trinajstić information content (AvgIpc) is 3.19. The normalized spacial score (nSPS) is 18.0. The maximum Gasteiger partial charge on any atom is 0.252 e. The van der Waals surface area contributed by atoms with Gasteiger partial charge in [-0.1, -0.05) is 0 Å². The van der Waals surface area contributed by atoms with E-state index in [1.54, 1.807) is 24.3 Å². The van der Waals surface area contributed by atoms with E-state index >= 15 is 0 Å². The first-order valence-electron chi connectivity index (χ1n) is 7.28. The Labute approximate surface area is 153 Å². The average molecular weight is 454 g/mol. The van der Waals surface area contributed by atoms with Crippen LogP contribution in [-0.2, 0) is 25.6 Å². The Morgan fingerprint density at radius 2 is 1.88 bits per heavy atom. The van der Waals surface area contributed by atoms with Gasteiger partial charge in [0.25, 0.3) is 10.0 Å². The largest absolute Gasteiger partial charge is 0.468 e. The van der Waals surface area contributed by atoms with Gasteiger partial charge in [0.1, 0.15) is 15.7 Å². The predicted octanol–water partition coefficient (Wildman–Crippen LogP) is 2.87. The number of rotatable bonds is 5. The maximum absolute atomic E-state index is 12.6. The Morgan fingerprint density at radius 1 is 1.17 bits per heavy atom. The number of piperidine rings is 1. The summed E-state index contributed by atoms with van der Waals surface area (Å²) in [6, 6.07) is 6.53. The van der Waals surface area contributed by atoms with Gasteiger partial charge < -0.3 is 4.42 Å². The van der Waals surface area contributed by atoms with Gasteiger partial charge in [0.15, 0.2) is 9.84 Å². The highest BCUT2D eigenvalue weighted by atomic mass is 79.9. The fourth-order valence-corrected chi connectivity index (χ4v) is 8.07. The van der Waals surface area contributed by atoms with E-state index in [2.05, 4.69) is 15.9 Å². The van der Waals surface area contributed by atoms with E-state index in [-0.39, 0.29) is 23.1 Å². The number of hydrogen-bond acceptors (Lipinski definition) is 6. The molecule has 0 bridgehead atoms. The Morgan fingerprint density at radius 3 is 2.42 bits per heavy atom. The van der Waals surface area contributed by atoms with Gasteiger partial charge >= 0.3 is 0 Å². The molecule has 1 saturated heterocycles. The Balaban J connectivity index is 1.67. The van der Waals surface area contributed by atoms with Crippen molar-refractivity contribution in [1.29, 1.82) is 0 Å². The minimum Gasteiger partial charge on any atom is -0.468 e. The minimum absolute atomic E-state index is 0.144. The lowest BCUT2D eigenvalue weighted by molar-refractivity contribution is 0.346. The van der Waals surface area contributed by atoms with Crippen molar-refractivity contribution in [3.63, 3.8) is 0 Å². The molecule has 10 heteroatoms. The van der Waals surface area contributed by atoms with Gasteiger partial charge in [0.05, 0.1) is 15.3 Å². The zero-order chi connectivity index (χ0) is 17.4. The first-order chi connectivity index (χ1) is 11.3. The van der Waals surface area contributed by atoms with E-state index in [9.17, 15) is 16.8 Å². The smallest absolute Gasteiger partial charge is 0.252 e. The summed E-state index contributed by atoms with van der Waals surface area (Å²) >= 11 is 4.41. The number of thiophene rings is 1. The molecule has 2 aromatic rings. The molecule has 6 nitrogen and oxygen atoms in total. The van der Waals surface area contributed by atoms with Crippen molar-refractivity contribution in [2.24, 2.45) is 0 Å². The third-order valence-corrected chi connectivity index (χ3v) is 10.1. The second-order valence-corrected chi connectivity index (χ2v) is 12.5. The molecule has 0 radical (unpaired) electrons. The van der Waals surface area contributed by atoms with Gasteiger partial charge in [0.2, 0.25) is 0 Å². The standard InChI is InChI=1S/C14H16BrNO5S3/c15-13-3-4-14(22-13)24(19,20)16-7-5-12(6-8-16)23(17,18)10-11-2-1-9-21-11/h1-4,9,12H,5-8,10H2. The second-order valence-electron chi connectivity index (χ2n) is 5.55. The van der Waals surface area contributed by atoms with Crippen molar-refractivity contribution in [1.82, 2.24) is 4.31 Å². The first-order valence-corrected chi connectivity index (χ1v) is 12.0. The van der Waals surface area contributed by atoms with Crippen LogP contribution in [0.3, 0.4) is 0 Å². The number of halogens is 1. The summed E-state index contributed by atoms with van der Waals surface area (Å²) in [5.74, 6) is 0.267. The van der Waals surface area contributed by atoms with Gasteiger partial charge in [-0.3, -0.25) is 0 Å². The summed E-state index contributed by atoms with van der Waals surface area (Å²) < 4.78 is 57.5.